The first-order valence-electron chi connectivity index (χ1n) is 9.59. The van der Waals surface area contributed by atoms with E-state index < -0.39 is 18.4 Å². The van der Waals surface area contributed by atoms with Crippen molar-refractivity contribution in [1.82, 2.24) is 0 Å². The zero-order valence-electron chi connectivity index (χ0n) is 14.5. The van der Waals surface area contributed by atoms with E-state index in [1.807, 2.05) is 0 Å². The maximum atomic E-state index is 5.79. The molecule has 1 unspecified atom stereocenters. The van der Waals surface area contributed by atoms with Gasteiger partial charge in [0.1, 0.15) is 0 Å². The van der Waals surface area contributed by atoms with Crippen LogP contribution in [0.2, 0.25) is 17.2 Å². The van der Waals surface area contributed by atoms with E-state index in [0.717, 1.165) is 3.93 Å². The van der Waals surface area contributed by atoms with E-state index in [1.54, 1.807) is 13.3 Å². The fraction of sp³-hybridized carbons (Fsp3) is 1.00. The van der Waals surface area contributed by atoms with Crippen LogP contribution < -0.4 is 0 Å². The van der Waals surface area contributed by atoms with Gasteiger partial charge in [-0.05, 0) is 0 Å². The molecule has 0 amide bonds. The number of hydrogen-bond donors (Lipinski definition) is 0. The first kappa shape index (κ1) is 18.1. The van der Waals surface area contributed by atoms with Crippen LogP contribution in [0.15, 0.2) is 0 Å². The van der Waals surface area contributed by atoms with Crippen molar-refractivity contribution in [2.75, 3.05) is 0 Å². The molecule has 1 saturated heterocycles. The van der Waals surface area contributed by atoms with Crippen LogP contribution >= 0.6 is 0 Å². The molecule has 2 aliphatic rings. The van der Waals surface area contributed by atoms with Crippen molar-refractivity contribution >= 4 is 18.4 Å². The Kier molecular flexibility index (Phi) is 7.85. The molecule has 0 radical (unpaired) electrons. The van der Waals surface area contributed by atoms with Gasteiger partial charge in [0.15, 0.2) is 0 Å². The summed E-state index contributed by atoms with van der Waals surface area (Å²) >= 11 is -2.17. The van der Waals surface area contributed by atoms with Crippen molar-refractivity contribution in [2.24, 2.45) is 0 Å². The summed E-state index contributed by atoms with van der Waals surface area (Å²) in [7, 11) is 0. The third-order valence-corrected chi connectivity index (χ3v) is 23.6. The van der Waals surface area contributed by atoms with Crippen molar-refractivity contribution < 1.29 is 9.78 Å². The number of rotatable bonds is 10. The van der Waals surface area contributed by atoms with Crippen LogP contribution in [-0.2, 0) is 9.78 Å². The molecule has 2 fully saturated rings. The SMILES string of the molecule is CCC[CH2][Sn]([CH2]CCC)([CH2]CCC)[CH]1[C@@H]2CCC[C@H]1OO2. The summed E-state index contributed by atoms with van der Waals surface area (Å²) in [4.78, 5) is 11.6. The van der Waals surface area contributed by atoms with Gasteiger partial charge in [-0.2, -0.15) is 0 Å². The molecule has 0 spiro atoms. The fourth-order valence-electron chi connectivity index (χ4n) is 4.73. The summed E-state index contributed by atoms with van der Waals surface area (Å²) in [5.74, 6) is 0. The van der Waals surface area contributed by atoms with Crippen molar-refractivity contribution in [2.45, 2.75) is 108 Å². The minimum atomic E-state index is -2.17. The van der Waals surface area contributed by atoms with Gasteiger partial charge in [0.25, 0.3) is 0 Å². The average molecular weight is 403 g/mol. The van der Waals surface area contributed by atoms with Crippen LogP contribution in [-0.4, -0.2) is 30.6 Å². The van der Waals surface area contributed by atoms with Gasteiger partial charge in [-0.3, -0.25) is 0 Å². The van der Waals surface area contributed by atoms with Gasteiger partial charge in [0, 0.05) is 0 Å². The summed E-state index contributed by atoms with van der Waals surface area (Å²) in [6, 6.07) is 0. The zero-order valence-corrected chi connectivity index (χ0v) is 17.4. The van der Waals surface area contributed by atoms with Gasteiger partial charge < -0.3 is 0 Å². The summed E-state index contributed by atoms with van der Waals surface area (Å²) in [6.07, 6.45) is 13.3. The normalized spacial score (nSPS) is 29.0. The van der Waals surface area contributed by atoms with Crippen LogP contribution in [0, 0.1) is 0 Å². The van der Waals surface area contributed by atoms with Crippen LogP contribution in [0.5, 0.6) is 0 Å². The Bertz CT molecular complexity index is 257. The first-order chi connectivity index (χ1) is 10.3. The monoisotopic (exact) mass is 404 g/mol. The van der Waals surface area contributed by atoms with Crippen molar-refractivity contribution in [3.63, 3.8) is 0 Å². The Balaban J connectivity index is 2.17. The van der Waals surface area contributed by atoms with Gasteiger partial charge in [-0.25, -0.2) is 0 Å². The molecule has 0 aromatic rings. The topological polar surface area (TPSA) is 18.5 Å². The molecule has 2 rings (SSSR count). The molecule has 2 nitrogen and oxygen atoms in total. The van der Waals surface area contributed by atoms with E-state index in [1.165, 1.54) is 57.8 Å². The Hall–Kier alpha value is 0.719. The molecule has 1 aliphatic carbocycles. The molecular formula is C18H36O2Sn. The molecule has 21 heavy (non-hydrogen) atoms. The standard InChI is InChI=1S/C6H9O2.3C4H9.Sn/c1-2-5-4-6(3-1)8-7-5;3*1-3-4-2;/h4-6H,1-3H2;3*1,3-4H2,2H3;/t5-,6+;;;;. The van der Waals surface area contributed by atoms with Gasteiger partial charge in [0.2, 0.25) is 0 Å². The maximum absolute atomic E-state index is 5.79. The summed E-state index contributed by atoms with van der Waals surface area (Å²) < 4.78 is 5.65. The van der Waals surface area contributed by atoms with Gasteiger partial charge in [0.05, 0.1) is 0 Å². The third-order valence-electron chi connectivity index (χ3n) is 5.87. The van der Waals surface area contributed by atoms with E-state index in [0.29, 0.717) is 12.2 Å². The van der Waals surface area contributed by atoms with Crippen LogP contribution in [0.3, 0.4) is 0 Å². The third kappa shape index (κ3) is 4.38. The number of unbranched alkanes of at least 4 members (excludes halogenated alkanes) is 3. The molecule has 0 aromatic carbocycles. The van der Waals surface area contributed by atoms with Crippen molar-refractivity contribution in [3.8, 4) is 0 Å². The zero-order chi connectivity index (χ0) is 15.1. The predicted octanol–water partition coefficient (Wildman–Crippen LogP) is 6.09. The second-order valence-electron chi connectivity index (χ2n) is 7.40. The van der Waals surface area contributed by atoms with Crippen molar-refractivity contribution in [3.05, 3.63) is 0 Å². The summed E-state index contributed by atoms with van der Waals surface area (Å²) in [6.45, 7) is 7.08. The molecule has 0 N–H and O–H groups in total. The molecular weight excluding hydrogens is 367 g/mol. The summed E-state index contributed by atoms with van der Waals surface area (Å²) in [5.41, 5.74) is 0. The molecule has 0 aromatic heterocycles. The fourth-order valence-corrected chi connectivity index (χ4v) is 24.5. The van der Waals surface area contributed by atoms with Gasteiger partial charge in [-0.15, -0.1) is 0 Å². The molecule has 124 valence electrons. The average Bonchev–Trinajstić information content (AvgIpc) is 2.77. The second kappa shape index (κ2) is 9.12. The van der Waals surface area contributed by atoms with Crippen LogP contribution in [0.25, 0.3) is 0 Å². The van der Waals surface area contributed by atoms with E-state index in [4.69, 9.17) is 9.78 Å². The van der Waals surface area contributed by atoms with Crippen LogP contribution in [0.1, 0.15) is 78.6 Å². The molecule has 1 heterocycles. The van der Waals surface area contributed by atoms with Crippen LogP contribution in [0.4, 0.5) is 0 Å². The summed E-state index contributed by atoms with van der Waals surface area (Å²) in [5, 5.41) is 0. The van der Waals surface area contributed by atoms with Gasteiger partial charge >= 0.3 is 136 Å². The second-order valence-corrected chi connectivity index (χ2v) is 21.4. The Morgan fingerprint density at radius 3 is 1.57 bits per heavy atom. The molecule has 3 heteroatoms. The number of hydrogen-bond acceptors (Lipinski definition) is 2. The molecule has 3 atom stereocenters. The van der Waals surface area contributed by atoms with E-state index in [-0.39, 0.29) is 0 Å². The van der Waals surface area contributed by atoms with E-state index in [9.17, 15) is 0 Å². The Labute approximate surface area is 136 Å². The minimum absolute atomic E-state index is 0.477. The Morgan fingerprint density at radius 2 is 1.19 bits per heavy atom. The first-order valence-corrected chi connectivity index (χ1v) is 17.3. The van der Waals surface area contributed by atoms with Crippen molar-refractivity contribution in [1.29, 1.82) is 0 Å². The Morgan fingerprint density at radius 1 is 0.762 bits per heavy atom. The van der Waals surface area contributed by atoms with Gasteiger partial charge in [-0.1, -0.05) is 0 Å². The predicted molar refractivity (Wildman–Crippen MR) is 92.2 cm³/mol. The van der Waals surface area contributed by atoms with E-state index >= 15 is 0 Å². The number of fused-ring (bicyclic) bond motifs is 2. The molecule has 1 aliphatic heterocycles. The quantitative estimate of drug-likeness (QED) is 0.325. The molecule has 2 bridgehead atoms. The van der Waals surface area contributed by atoms with E-state index in [2.05, 4.69) is 20.8 Å². The molecule has 1 saturated carbocycles.